The van der Waals surface area contributed by atoms with Crippen LogP contribution in [0.3, 0.4) is 0 Å². The molecule has 1 nitrogen and oxygen atoms in total. The van der Waals surface area contributed by atoms with Crippen LogP contribution < -0.4 is 0 Å². The van der Waals surface area contributed by atoms with Gasteiger partial charge in [0, 0.05) is 21.9 Å². The molecule has 0 fully saturated rings. The first-order valence-corrected chi connectivity index (χ1v) is 8.16. The number of hydrogen-bond acceptors (Lipinski definition) is 1. The summed E-state index contributed by atoms with van der Waals surface area (Å²) < 4.78 is 28.3. The van der Waals surface area contributed by atoms with Crippen molar-refractivity contribution in [1.29, 1.82) is 5.26 Å². The predicted octanol–water partition coefficient (Wildman–Crippen LogP) is 5.51. The Balaban J connectivity index is 1.99. The minimum atomic E-state index is -0.877. The van der Waals surface area contributed by atoms with Crippen LogP contribution in [0.5, 0.6) is 0 Å². The summed E-state index contributed by atoms with van der Waals surface area (Å²) in [6.07, 6.45) is 3.73. The summed E-state index contributed by atoms with van der Waals surface area (Å²) in [5.74, 6) is 4.27. The molecular weight excluding hydrogens is 328 g/mol. The fourth-order valence-electron chi connectivity index (χ4n) is 2.72. The number of rotatable bonds is 3. The Labute approximate surface area is 151 Å². The molecule has 3 aromatic carbocycles. The minimum Gasteiger partial charge on any atom is -0.205 e. The molecule has 26 heavy (non-hydrogen) atoms. The van der Waals surface area contributed by atoms with Gasteiger partial charge in [-0.05, 0) is 42.7 Å². The third kappa shape index (κ3) is 3.48. The van der Waals surface area contributed by atoms with Crippen LogP contribution in [0.25, 0.3) is 10.8 Å². The highest BCUT2D eigenvalue weighted by molar-refractivity contribution is 5.90. The molecule has 0 heterocycles. The molecular formula is C23H15F2N. The molecule has 0 aliphatic rings. The lowest BCUT2D eigenvalue weighted by Crippen LogP contribution is -1.93. The van der Waals surface area contributed by atoms with Crippen molar-refractivity contribution < 1.29 is 8.78 Å². The number of aryl methyl sites for hydroxylation is 1. The van der Waals surface area contributed by atoms with E-state index in [4.69, 9.17) is 5.26 Å². The molecule has 0 spiro atoms. The van der Waals surface area contributed by atoms with Gasteiger partial charge < -0.3 is 0 Å². The van der Waals surface area contributed by atoms with Crippen molar-refractivity contribution in [2.24, 2.45) is 0 Å². The van der Waals surface area contributed by atoms with Gasteiger partial charge in [-0.2, -0.15) is 5.26 Å². The smallest absolute Gasteiger partial charge is 0.151 e. The van der Waals surface area contributed by atoms with Gasteiger partial charge in [0.25, 0.3) is 0 Å². The molecule has 3 aromatic rings. The van der Waals surface area contributed by atoms with Gasteiger partial charge in [-0.15, -0.1) is 6.58 Å². The summed E-state index contributed by atoms with van der Waals surface area (Å²) in [6, 6.07) is 15.5. The molecule has 3 rings (SSSR count). The summed E-state index contributed by atoms with van der Waals surface area (Å²) in [6.45, 7) is 3.71. The minimum absolute atomic E-state index is 0.189. The molecule has 0 saturated heterocycles. The van der Waals surface area contributed by atoms with Gasteiger partial charge in [0.2, 0.25) is 0 Å². The van der Waals surface area contributed by atoms with Crippen molar-refractivity contribution in [3.05, 3.63) is 95.1 Å². The van der Waals surface area contributed by atoms with Crippen molar-refractivity contribution in [3.63, 3.8) is 0 Å². The van der Waals surface area contributed by atoms with Crippen molar-refractivity contribution in [2.45, 2.75) is 12.8 Å². The maximum absolute atomic E-state index is 14.3. The lowest BCUT2D eigenvalue weighted by molar-refractivity contribution is 0.585. The monoisotopic (exact) mass is 343 g/mol. The standard InChI is InChI=1S/C23H15F2N/c1-2-3-5-16-8-10-17(11-9-16)12-13-18-6-4-7-19-20(18)14-22(24)21(15-26)23(19)25/h2,4,6-11,14H,1,3,5H2. The quantitative estimate of drug-likeness (QED) is 0.454. The summed E-state index contributed by atoms with van der Waals surface area (Å²) in [7, 11) is 0. The average molecular weight is 343 g/mol. The average Bonchev–Trinajstić information content (AvgIpc) is 2.66. The number of nitriles is 1. The first-order valence-electron chi connectivity index (χ1n) is 8.16. The number of allylic oxidation sites excluding steroid dienone is 1. The third-order valence-corrected chi connectivity index (χ3v) is 4.12. The fourth-order valence-corrected chi connectivity index (χ4v) is 2.72. The molecule has 0 aliphatic heterocycles. The van der Waals surface area contributed by atoms with Crippen LogP contribution in [0.15, 0.2) is 61.2 Å². The van der Waals surface area contributed by atoms with E-state index < -0.39 is 17.2 Å². The van der Waals surface area contributed by atoms with E-state index >= 15 is 0 Å². The second-order valence-corrected chi connectivity index (χ2v) is 5.83. The van der Waals surface area contributed by atoms with Crippen molar-refractivity contribution in [3.8, 4) is 17.9 Å². The SMILES string of the molecule is C=CCCc1ccc(C#Cc2cccc3c(F)c(C#N)c(F)cc23)cc1. The first-order chi connectivity index (χ1) is 12.6. The molecule has 0 saturated carbocycles. The Morgan fingerprint density at radius 1 is 1.00 bits per heavy atom. The van der Waals surface area contributed by atoms with E-state index in [1.807, 2.05) is 30.3 Å². The van der Waals surface area contributed by atoms with Gasteiger partial charge in [-0.3, -0.25) is 0 Å². The Bertz CT molecular complexity index is 1080. The number of nitrogens with zero attached hydrogens (tertiary/aromatic N) is 1. The van der Waals surface area contributed by atoms with E-state index in [9.17, 15) is 8.78 Å². The number of halogens is 2. The predicted molar refractivity (Wildman–Crippen MR) is 99.5 cm³/mol. The molecule has 0 aliphatic carbocycles. The highest BCUT2D eigenvalue weighted by Crippen LogP contribution is 2.26. The summed E-state index contributed by atoms with van der Waals surface area (Å²) in [5, 5.41) is 9.44. The van der Waals surface area contributed by atoms with E-state index in [2.05, 4.69) is 18.4 Å². The zero-order valence-electron chi connectivity index (χ0n) is 14.0. The van der Waals surface area contributed by atoms with E-state index in [1.165, 1.54) is 17.7 Å². The molecule has 0 radical (unpaired) electrons. The fraction of sp³-hybridized carbons (Fsp3) is 0.0870. The van der Waals surface area contributed by atoms with Crippen molar-refractivity contribution >= 4 is 10.8 Å². The molecule has 0 unspecified atom stereocenters. The van der Waals surface area contributed by atoms with Gasteiger partial charge in [0.15, 0.2) is 5.82 Å². The van der Waals surface area contributed by atoms with Crippen LogP contribution in [0.4, 0.5) is 8.78 Å². The number of benzene rings is 3. The van der Waals surface area contributed by atoms with Crippen LogP contribution in [-0.4, -0.2) is 0 Å². The molecule has 0 aromatic heterocycles. The second kappa shape index (κ2) is 7.64. The summed E-state index contributed by atoms with van der Waals surface area (Å²) >= 11 is 0. The molecule has 0 amide bonds. The van der Waals surface area contributed by atoms with Gasteiger partial charge >= 0.3 is 0 Å². The van der Waals surface area contributed by atoms with Gasteiger partial charge in [0.1, 0.15) is 17.4 Å². The van der Waals surface area contributed by atoms with Crippen LogP contribution in [-0.2, 0) is 6.42 Å². The zero-order valence-corrected chi connectivity index (χ0v) is 14.0. The van der Waals surface area contributed by atoms with Crippen LogP contribution in [0.2, 0.25) is 0 Å². The summed E-state index contributed by atoms with van der Waals surface area (Å²) in [4.78, 5) is 0. The van der Waals surface area contributed by atoms with Gasteiger partial charge in [-0.1, -0.05) is 42.2 Å². The maximum Gasteiger partial charge on any atom is 0.151 e. The number of hydrogen-bond donors (Lipinski definition) is 0. The molecule has 0 bridgehead atoms. The Morgan fingerprint density at radius 2 is 1.77 bits per heavy atom. The second-order valence-electron chi connectivity index (χ2n) is 5.83. The molecule has 3 heteroatoms. The lowest BCUT2D eigenvalue weighted by atomic mass is 10.0. The Hall–Kier alpha value is -3.43. The maximum atomic E-state index is 14.3. The zero-order chi connectivity index (χ0) is 18.5. The van der Waals surface area contributed by atoms with Gasteiger partial charge in [0.05, 0.1) is 0 Å². The Morgan fingerprint density at radius 3 is 2.46 bits per heavy atom. The largest absolute Gasteiger partial charge is 0.205 e. The molecule has 126 valence electrons. The first kappa shape index (κ1) is 17.4. The van der Waals surface area contributed by atoms with Crippen LogP contribution in [0.1, 0.15) is 28.7 Å². The summed E-state index contributed by atoms with van der Waals surface area (Å²) in [5.41, 5.74) is 1.96. The lowest BCUT2D eigenvalue weighted by Gasteiger charge is -2.05. The molecule has 0 N–H and O–H groups in total. The Kier molecular flexibility index (Phi) is 5.11. The topological polar surface area (TPSA) is 23.8 Å². The highest BCUT2D eigenvalue weighted by atomic mass is 19.1. The normalized spacial score (nSPS) is 10.0. The molecule has 0 atom stereocenters. The van der Waals surface area contributed by atoms with E-state index in [-0.39, 0.29) is 5.39 Å². The van der Waals surface area contributed by atoms with Gasteiger partial charge in [-0.25, -0.2) is 8.78 Å². The van der Waals surface area contributed by atoms with Crippen molar-refractivity contribution in [2.75, 3.05) is 0 Å². The van der Waals surface area contributed by atoms with Crippen LogP contribution >= 0.6 is 0 Å². The van der Waals surface area contributed by atoms with E-state index in [1.54, 1.807) is 18.2 Å². The van der Waals surface area contributed by atoms with E-state index in [0.717, 1.165) is 18.4 Å². The van der Waals surface area contributed by atoms with E-state index in [0.29, 0.717) is 10.9 Å². The van der Waals surface area contributed by atoms with Crippen LogP contribution in [0, 0.1) is 34.8 Å². The van der Waals surface area contributed by atoms with Crippen molar-refractivity contribution in [1.82, 2.24) is 0 Å². The highest BCUT2D eigenvalue weighted by Gasteiger charge is 2.14. The number of fused-ring (bicyclic) bond motifs is 1. The third-order valence-electron chi connectivity index (χ3n) is 4.12.